The Kier molecular flexibility index (Phi) is 6.72. The minimum Gasteiger partial charge on any atom is -0.442 e. The molecule has 12 heteroatoms. The molecular weight excluding hydrogens is 433 g/mol. The number of ether oxygens (including phenoxy) is 1. The fraction of sp³-hybridized carbons (Fsp3) is 0.579. The molecule has 2 N–H and O–H groups in total. The van der Waals surface area contributed by atoms with Crippen molar-refractivity contribution < 1.29 is 36.4 Å². The number of nitrogens with zero attached hydrogens (tertiary/aromatic N) is 2. The van der Waals surface area contributed by atoms with E-state index in [1.54, 1.807) is 17.0 Å². The maximum atomic E-state index is 14.8. The number of aliphatic hydroxyl groups is 1. The van der Waals surface area contributed by atoms with Crippen LogP contribution in [0.3, 0.4) is 0 Å². The van der Waals surface area contributed by atoms with E-state index >= 15 is 0 Å². The zero-order chi connectivity index (χ0) is 22.8. The number of anilines is 2. The normalized spacial score (nSPS) is 21.2. The van der Waals surface area contributed by atoms with Crippen LogP contribution in [-0.2, 0) is 23.8 Å². The number of rotatable bonds is 7. The number of benzene rings is 1. The van der Waals surface area contributed by atoms with Gasteiger partial charge in [0.2, 0.25) is 5.91 Å². The van der Waals surface area contributed by atoms with Gasteiger partial charge in [0, 0.05) is 20.0 Å². The van der Waals surface area contributed by atoms with Crippen LogP contribution in [0.1, 0.15) is 19.8 Å². The molecule has 1 aromatic rings. The lowest BCUT2D eigenvalue weighted by atomic mass is 9.92. The summed E-state index contributed by atoms with van der Waals surface area (Å²) in [5.74, 6) is -0.769. The first-order valence-corrected chi connectivity index (χ1v) is 11.6. The second kappa shape index (κ2) is 8.97. The van der Waals surface area contributed by atoms with Crippen molar-refractivity contribution in [2.75, 3.05) is 48.8 Å². The number of carbonyl (C=O) groups is 2. The highest BCUT2D eigenvalue weighted by Gasteiger charge is 2.35. The van der Waals surface area contributed by atoms with E-state index in [9.17, 15) is 27.5 Å². The molecule has 172 valence electrons. The smallest absolute Gasteiger partial charge is 0.414 e. The van der Waals surface area contributed by atoms with Gasteiger partial charge in [0.15, 0.2) is 0 Å². The van der Waals surface area contributed by atoms with Gasteiger partial charge in [-0.1, -0.05) is 0 Å². The van der Waals surface area contributed by atoms with Crippen LogP contribution >= 0.6 is 0 Å². The van der Waals surface area contributed by atoms with Crippen molar-refractivity contribution >= 4 is 33.5 Å². The van der Waals surface area contributed by atoms with Gasteiger partial charge in [-0.25, -0.2) is 9.18 Å². The molecule has 1 aromatic carbocycles. The maximum Gasteiger partial charge on any atom is 0.414 e. The molecule has 1 atom stereocenters. The van der Waals surface area contributed by atoms with Gasteiger partial charge < -0.3 is 20.1 Å². The zero-order valence-electron chi connectivity index (χ0n) is 17.3. The Bertz CT molecular complexity index is 948. The van der Waals surface area contributed by atoms with Gasteiger partial charge in [0.1, 0.15) is 11.9 Å². The van der Waals surface area contributed by atoms with Crippen LogP contribution in [0.4, 0.5) is 20.6 Å². The van der Waals surface area contributed by atoms with Crippen molar-refractivity contribution in [2.45, 2.75) is 31.5 Å². The van der Waals surface area contributed by atoms with E-state index < -0.39 is 33.7 Å². The molecule has 1 unspecified atom stereocenters. The fourth-order valence-corrected chi connectivity index (χ4v) is 3.97. The molecule has 2 saturated heterocycles. The summed E-state index contributed by atoms with van der Waals surface area (Å²) in [5.41, 5.74) is -0.637. The molecule has 0 saturated carbocycles. The van der Waals surface area contributed by atoms with E-state index in [0.717, 1.165) is 6.26 Å². The molecule has 2 heterocycles. The maximum absolute atomic E-state index is 14.8. The molecular formula is C19H26FN3O7S. The molecule has 2 aliphatic heterocycles. The third-order valence-corrected chi connectivity index (χ3v) is 5.82. The highest BCUT2D eigenvalue weighted by Crippen LogP contribution is 2.31. The van der Waals surface area contributed by atoms with E-state index in [-0.39, 0.29) is 38.4 Å². The van der Waals surface area contributed by atoms with E-state index in [1.807, 2.05) is 0 Å². The minimum atomic E-state index is -3.66. The largest absolute Gasteiger partial charge is 0.442 e. The van der Waals surface area contributed by atoms with Gasteiger partial charge in [0.25, 0.3) is 10.1 Å². The summed E-state index contributed by atoms with van der Waals surface area (Å²) in [7, 11) is -3.66. The summed E-state index contributed by atoms with van der Waals surface area (Å²) in [6, 6.07) is 4.40. The van der Waals surface area contributed by atoms with Gasteiger partial charge in [-0.15, -0.1) is 0 Å². The summed E-state index contributed by atoms with van der Waals surface area (Å²) in [6.45, 7) is 2.02. The number of carbonyl (C=O) groups excluding carboxylic acids is 2. The number of halogens is 1. The number of amides is 2. The summed E-state index contributed by atoms with van der Waals surface area (Å²) >= 11 is 0. The average Bonchev–Trinajstić information content (AvgIpc) is 3.06. The number of hydrogen-bond acceptors (Lipinski definition) is 8. The third-order valence-electron chi connectivity index (χ3n) is 5.27. The summed E-state index contributed by atoms with van der Waals surface area (Å²) in [6.07, 6.45) is 0.213. The lowest BCUT2D eigenvalue weighted by Gasteiger charge is -2.39. The highest BCUT2D eigenvalue weighted by molar-refractivity contribution is 7.85. The Morgan fingerprint density at radius 3 is 2.65 bits per heavy atom. The van der Waals surface area contributed by atoms with Gasteiger partial charge in [-0.2, -0.15) is 8.42 Å². The highest BCUT2D eigenvalue weighted by atomic mass is 32.2. The summed E-state index contributed by atoms with van der Waals surface area (Å²) in [5, 5.41) is 13.1. The molecule has 2 aliphatic rings. The van der Waals surface area contributed by atoms with Crippen LogP contribution < -0.4 is 15.1 Å². The second-order valence-electron chi connectivity index (χ2n) is 7.87. The predicted octanol–water partition coefficient (Wildman–Crippen LogP) is 0.594. The topological polar surface area (TPSA) is 125 Å². The van der Waals surface area contributed by atoms with Gasteiger partial charge in [0.05, 0.1) is 42.9 Å². The molecule has 3 rings (SSSR count). The van der Waals surface area contributed by atoms with Crippen LogP contribution in [0.25, 0.3) is 0 Å². The molecule has 31 heavy (non-hydrogen) atoms. The Morgan fingerprint density at radius 2 is 2.06 bits per heavy atom. The van der Waals surface area contributed by atoms with Crippen LogP contribution in [0.15, 0.2) is 18.2 Å². The van der Waals surface area contributed by atoms with Crippen LogP contribution in [0.2, 0.25) is 0 Å². The van der Waals surface area contributed by atoms with Gasteiger partial charge in [-0.3, -0.25) is 13.9 Å². The monoisotopic (exact) mass is 459 g/mol. The Morgan fingerprint density at radius 1 is 1.39 bits per heavy atom. The van der Waals surface area contributed by atoms with Crippen LogP contribution in [0, 0.1) is 5.82 Å². The number of cyclic esters (lactones) is 1. The third kappa shape index (κ3) is 6.05. The lowest BCUT2D eigenvalue weighted by molar-refractivity contribution is -0.119. The number of nitrogens with one attached hydrogen (secondary N) is 1. The quantitative estimate of drug-likeness (QED) is 0.568. The van der Waals surface area contributed by atoms with Gasteiger partial charge in [-0.05, 0) is 31.0 Å². The first kappa shape index (κ1) is 23.2. The summed E-state index contributed by atoms with van der Waals surface area (Å²) < 4.78 is 47.0. The van der Waals surface area contributed by atoms with Crippen LogP contribution in [0.5, 0.6) is 0 Å². The van der Waals surface area contributed by atoms with E-state index in [2.05, 4.69) is 5.32 Å². The lowest BCUT2D eigenvalue weighted by Crippen LogP contribution is -2.47. The van der Waals surface area contributed by atoms with Gasteiger partial charge >= 0.3 is 6.09 Å². The van der Waals surface area contributed by atoms with Crippen molar-refractivity contribution in [3.63, 3.8) is 0 Å². The van der Waals surface area contributed by atoms with Crippen molar-refractivity contribution in [3.05, 3.63) is 24.0 Å². The standard InChI is InChI=1S/C19H26FN3O7S/c1-13(24)21-10-15-11-23(18(25)30-15)14-3-4-17(16(20)9-14)22-7-5-19(26,6-8-22)12-29-31(2,27)28/h3-4,9,15,26H,5-8,10-12H2,1-2H3,(H,21,24). The fourth-order valence-electron chi connectivity index (χ4n) is 3.54. The molecule has 0 aromatic heterocycles. The molecule has 0 spiro atoms. The molecule has 0 bridgehead atoms. The first-order valence-electron chi connectivity index (χ1n) is 9.80. The van der Waals surface area contributed by atoms with Crippen molar-refractivity contribution in [3.8, 4) is 0 Å². The number of piperidine rings is 1. The van der Waals surface area contributed by atoms with E-state index in [4.69, 9.17) is 8.92 Å². The molecule has 0 radical (unpaired) electrons. The Balaban J connectivity index is 1.61. The molecule has 10 nitrogen and oxygen atoms in total. The Hall–Kier alpha value is -2.44. The van der Waals surface area contributed by atoms with Crippen molar-refractivity contribution in [1.82, 2.24) is 5.32 Å². The minimum absolute atomic E-state index is 0.178. The summed E-state index contributed by atoms with van der Waals surface area (Å²) in [4.78, 5) is 26.2. The van der Waals surface area contributed by atoms with E-state index in [0.29, 0.717) is 24.5 Å². The Labute approximate surface area is 180 Å². The number of hydrogen-bond donors (Lipinski definition) is 2. The average molecular weight is 459 g/mol. The second-order valence-corrected chi connectivity index (χ2v) is 9.51. The van der Waals surface area contributed by atoms with Crippen LogP contribution in [-0.4, -0.2) is 76.3 Å². The predicted molar refractivity (Wildman–Crippen MR) is 110 cm³/mol. The SMILES string of the molecule is CC(=O)NCC1CN(c2ccc(N3CCC(O)(COS(C)(=O)=O)CC3)c(F)c2)C(=O)O1. The molecule has 2 fully saturated rings. The van der Waals surface area contributed by atoms with Crippen molar-refractivity contribution in [2.24, 2.45) is 0 Å². The molecule has 2 amide bonds. The van der Waals surface area contributed by atoms with Crippen molar-refractivity contribution in [1.29, 1.82) is 0 Å². The first-order chi connectivity index (χ1) is 14.5. The molecule has 0 aliphatic carbocycles. The zero-order valence-corrected chi connectivity index (χ0v) is 18.2. The van der Waals surface area contributed by atoms with E-state index in [1.165, 1.54) is 17.9 Å².